The highest BCUT2D eigenvalue weighted by molar-refractivity contribution is 5.88. The minimum Gasteiger partial charge on any atom is -0.458 e. The van der Waals surface area contributed by atoms with Gasteiger partial charge in [-0.2, -0.15) is 0 Å². The van der Waals surface area contributed by atoms with E-state index in [2.05, 4.69) is 19.1 Å². The van der Waals surface area contributed by atoms with Crippen LogP contribution in [0.25, 0.3) is 0 Å². The summed E-state index contributed by atoms with van der Waals surface area (Å²) >= 11 is 0. The third-order valence-corrected chi connectivity index (χ3v) is 8.33. The van der Waals surface area contributed by atoms with Crippen molar-refractivity contribution in [3.8, 4) is 0 Å². The van der Waals surface area contributed by atoms with Crippen molar-refractivity contribution in [2.24, 2.45) is 23.7 Å². The number of carbonyl (C=O) groups excluding carboxylic acids is 1. The lowest BCUT2D eigenvalue weighted by Crippen LogP contribution is -2.38. The first kappa shape index (κ1) is 33.4. The predicted molar refractivity (Wildman–Crippen MR) is 154 cm³/mol. The van der Waals surface area contributed by atoms with E-state index in [4.69, 9.17) is 9.47 Å². The van der Waals surface area contributed by atoms with E-state index in [1.165, 1.54) is 0 Å². The van der Waals surface area contributed by atoms with Crippen molar-refractivity contribution in [3.63, 3.8) is 0 Å². The number of hydrogen-bond acceptors (Lipinski definition) is 7. The van der Waals surface area contributed by atoms with Crippen LogP contribution in [0.4, 0.5) is 0 Å². The third-order valence-electron chi connectivity index (χ3n) is 8.33. The SMILES string of the molecule is CC1=CC(C)C(O)C2OC2CCC=CCC(C(C)CC=CCC(O)C(C)C(O)C(C)C(C)O)OC(=O)C(C)=C1. The summed E-state index contributed by atoms with van der Waals surface area (Å²) in [4.78, 5) is 12.9. The molecule has 0 aromatic rings. The Morgan fingerprint density at radius 1 is 1.03 bits per heavy atom. The first-order valence-corrected chi connectivity index (χ1v) is 14.6. The normalized spacial score (nSPS) is 31.8. The Kier molecular flexibility index (Phi) is 13.6. The van der Waals surface area contributed by atoms with Gasteiger partial charge in [0.05, 0.1) is 30.5 Å². The molecule has 39 heavy (non-hydrogen) atoms. The monoisotopic (exact) mass is 548 g/mol. The van der Waals surface area contributed by atoms with Gasteiger partial charge in [0.25, 0.3) is 0 Å². The van der Waals surface area contributed by atoms with Crippen LogP contribution in [0.15, 0.2) is 47.6 Å². The lowest BCUT2D eigenvalue weighted by Gasteiger charge is -2.29. The average Bonchev–Trinajstić information content (AvgIpc) is 3.66. The molecule has 2 rings (SSSR count). The van der Waals surface area contributed by atoms with Crippen LogP contribution in [0.2, 0.25) is 0 Å². The Bertz CT molecular complexity index is 889. The van der Waals surface area contributed by atoms with Gasteiger partial charge in [0.15, 0.2) is 0 Å². The Labute approximate surface area is 235 Å². The second-order valence-electron chi connectivity index (χ2n) is 11.9. The van der Waals surface area contributed by atoms with Crippen molar-refractivity contribution < 1.29 is 34.7 Å². The summed E-state index contributed by atoms with van der Waals surface area (Å²) in [5.74, 6) is -1.08. The number of allylic oxidation sites excluding steroid dienone is 4. The van der Waals surface area contributed by atoms with Crippen molar-refractivity contribution in [1.29, 1.82) is 0 Å². The molecule has 11 atom stereocenters. The van der Waals surface area contributed by atoms with Gasteiger partial charge in [-0.1, -0.05) is 63.6 Å². The molecule has 0 saturated carbocycles. The molecule has 2 heterocycles. The third kappa shape index (κ3) is 10.6. The van der Waals surface area contributed by atoms with Gasteiger partial charge in [0.2, 0.25) is 0 Å². The van der Waals surface area contributed by atoms with E-state index >= 15 is 0 Å². The van der Waals surface area contributed by atoms with Crippen molar-refractivity contribution in [3.05, 3.63) is 47.6 Å². The largest absolute Gasteiger partial charge is 0.458 e. The summed E-state index contributed by atoms with van der Waals surface area (Å²) in [5, 5.41) is 41.3. The highest BCUT2D eigenvalue weighted by Gasteiger charge is 2.45. The highest BCUT2D eigenvalue weighted by Crippen LogP contribution is 2.33. The second-order valence-corrected chi connectivity index (χ2v) is 11.9. The van der Waals surface area contributed by atoms with Crippen LogP contribution in [0.3, 0.4) is 0 Å². The number of cyclic esters (lactones) is 1. The highest BCUT2D eigenvalue weighted by atomic mass is 16.6. The van der Waals surface area contributed by atoms with Gasteiger partial charge in [0, 0.05) is 29.7 Å². The molecule has 0 spiro atoms. The molecule has 1 saturated heterocycles. The number of hydrogen-bond donors (Lipinski definition) is 4. The Morgan fingerprint density at radius 3 is 2.36 bits per heavy atom. The summed E-state index contributed by atoms with van der Waals surface area (Å²) in [5.41, 5.74) is 1.41. The van der Waals surface area contributed by atoms with E-state index in [-0.39, 0.29) is 48.0 Å². The van der Waals surface area contributed by atoms with Crippen LogP contribution in [0.5, 0.6) is 0 Å². The molecule has 0 bridgehead atoms. The second kappa shape index (κ2) is 15.9. The van der Waals surface area contributed by atoms with Gasteiger partial charge >= 0.3 is 5.97 Å². The minimum atomic E-state index is -0.794. The number of epoxide rings is 1. The summed E-state index contributed by atoms with van der Waals surface area (Å²) in [6.45, 7) is 12.9. The standard InChI is InChI=1S/C32H52O7/c1-19-17-21(3)29(35)31-28(38-31)16-10-8-9-15-27(39-32(37)22(4)18-19)20(2)13-11-12-14-26(34)24(6)30(36)23(5)25(7)33/h8-9,11-12,17-18,20-21,23-31,33-36H,10,13-16H2,1-7H3. The van der Waals surface area contributed by atoms with Crippen molar-refractivity contribution in [1.82, 2.24) is 0 Å². The van der Waals surface area contributed by atoms with Gasteiger partial charge in [0.1, 0.15) is 12.2 Å². The number of aliphatic hydroxyl groups excluding tert-OH is 4. The fourth-order valence-electron chi connectivity index (χ4n) is 5.09. The molecule has 7 heteroatoms. The fraction of sp³-hybridized carbons (Fsp3) is 0.719. The van der Waals surface area contributed by atoms with Gasteiger partial charge in [-0.3, -0.25) is 0 Å². The zero-order valence-corrected chi connectivity index (χ0v) is 24.9. The number of rotatable bonds is 9. The number of carbonyl (C=O) groups is 1. The van der Waals surface area contributed by atoms with Crippen molar-refractivity contribution in [2.75, 3.05) is 0 Å². The summed E-state index contributed by atoms with van der Waals surface area (Å²) in [6, 6.07) is 0. The quantitative estimate of drug-likeness (QED) is 0.188. The van der Waals surface area contributed by atoms with E-state index in [1.54, 1.807) is 33.8 Å². The van der Waals surface area contributed by atoms with E-state index in [0.717, 1.165) is 18.4 Å². The van der Waals surface area contributed by atoms with Gasteiger partial charge in [-0.15, -0.1) is 0 Å². The maximum absolute atomic E-state index is 12.9. The van der Waals surface area contributed by atoms with E-state index in [9.17, 15) is 25.2 Å². The summed E-state index contributed by atoms with van der Waals surface area (Å²) < 4.78 is 11.7. The predicted octanol–water partition coefficient (Wildman–Crippen LogP) is 4.64. The topological polar surface area (TPSA) is 120 Å². The minimum absolute atomic E-state index is 0.0555. The number of esters is 1. The van der Waals surface area contributed by atoms with Gasteiger partial charge < -0.3 is 29.9 Å². The van der Waals surface area contributed by atoms with Crippen LogP contribution in [0.1, 0.15) is 80.6 Å². The Balaban J connectivity index is 2.03. The van der Waals surface area contributed by atoms with Crippen LogP contribution >= 0.6 is 0 Å². The van der Waals surface area contributed by atoms with Gasteiger partial charge in [-0.05, 0) is 58.4 Å². The molecule has 0 aromatic carbocycles. The molecule has 1 fully saturated rings. The molecule has 2 aliphatic rings. The van der Waals surface area contributed by atoms with Gasteiger partial charge in [-0.25, -0.2) is 4.79 Å². The molecule has 0 aliphatic carbocycles. The molecule has 7 nitrogen and oxygen atoms in total. The maximum Gasteiger partial charge on any atom is 0.334 e. The molecule has 0 radical (unpaired) electrons. The van der Waals surface area contributed by atoms with Crippen LogP contribution in [-0.4, -0.2) is 69.1 Å². The van der Waals surface area contributed by atoms with Crippen molar-refractivity contribution >= 4 is 5.97 Å². The molecule has 222 valence electrons. The first-order valence-electron chi connectivity index (χ1n) is 14.6. The first-order chi connectivity index (χ1) is 18.3. The lowest BCUT2D eigenvalue weighted by atomic mass is 9.85. The molecule has 2 aliphatic heterocycles. The average molecular weight is 549 g/mol. The zero-order valence-electron chi connectivity index (χ0n) is 24.9. The van der Waals surface area contributed by atoms with E-state index in [1.807, 2.05) is 32.1 Å². The van der Waals surface area contributed by atoms with Crippen molar-refractivity contribution in [2.45, 2.75) is 123 Å². The molecule has 4 N–H and O–H groups in total. The van der Waals surface area contributed by atoms with Crippen LogP contribution in [0, 0.1) is 23.7 Å². The number of fused-ring (bicyclic) bond motifs is 1. The van der Waals surface area contributed by atoms with E-state index < -0.39 is 24.4 Å². The molecule has 0 amide bonds. The molecule has 0 aromatic heterocycles. The van der Waals surface area contributed by atoms with Crippen LogP contribution in [-0.2, 0) is 14.3 Å². The van der Waals surface area contributed by atoms with E-state index in [0.29, 0.717) is 24.8 Å². The lowest BCUT2D eigenvalue weighted by molar-refractivity contribution is -0.146. The fourth-order valence-corrected chi connectivity index (χ4v) is 5.09. The Morgan fingerprint density at radius 2 is 1.69 bits per heavy atom. The van der Waals surface area contributed by atoms with Crippen LogP contribution < -0.4 is 0 Å². The molecular formula is C32H52O7. The zero-order chi connectivity index (χ0) is 29.3. The molecular weight excluding hydrogens is 496 g/mol. The summed E-state index contributed by atoms with van der Waals surface area (Å²) in [6.07, 6.45) is 12.1. The smallest absolute Gasteiger partial charge is 0.334 e. The maximum atomic E-state index is 12.9. The number of aliphatic hydroxyl groups is 4. The number of ether oxygens (including phenoxy) is 2. The Hall–Kier alpha value is -1.77. The molecule has 11 unspecified atom stereocenters. The summed E-state index contributed by atoms with van der Waals surface area (Å²) in [7, 11) is 0.